The smallest absolute Gasteiger partial charge is 0.302 e. The average molecular weight is 207 g/mol. The van der Waals surface area contributed by atoms with E-state index in [1.807, 2.05) is 0 Å². The number of hydrogen-bond donors (Lipinski definition) is 0. The summed E-state index contributed by atoms with van der Waals surface area (Å²) in [6, 6.07) is 0. The van der Waals surface area contributed by atoms with Gasteiger partial charge in [0.25, 0.3) is 0 Å². The summed E-state index contributed by atoms with van der Waals surface area (Å²) in [5.74, 6) is -3.18. The Bertz CT molecular complexity index is 119. The third-order valence-corrected chi connectivity index (χ3v) is 1.83. The predicted molar refractivity (Wildman–Crippen MR) is 41.5 cm³/mol. The molecule has 0 aliphatic carbocycles. The summed E-state index contributed by atoms with van der Waals surface area (Å²) in [7, 11) is 0. The van der Waals surface area contributed by atoms with Crippen molar-refractivity contribution in [3.05, 3.63) is 0 Å². The number of halogens is 4. The average Bonchev–Trinajstić information content (AvgIpc) is 1.88. The van der Waals surface area contributed by atoms with Gasteiger partial charge in [0.05, 0.1) is 0 Å². The van der Waals surface area contributed by atoms with Gasteiger partial charge in [0.1, 0.15) is 6.10 Å². The zero-order valence-corrected chi connectivity index (χ0v) is 7.79. The van der Waals surface area contributed by atoms with E-state index in [-0.39, 0.29) is 6.61 Å². The molecule has 0 fully saturated rings. The fourth-order valence-electron chi connectivity index (χ4n) is 0.539. The Kier molecular flexibility index (Phi) is 4.59. The molecule has 0 bridgehead atoms. The molecule has 0 aromatic carbocycles. The van der Waals surface area contributed by atoms with E-state index in [1.54, 1.807) is 6.92 Å². The van der Waals surface area contributed by atoms with E-state index in [2.05, 4.69) is 4.74 Å². The molecule has 0 rings (SSSR count). The molecule has 0 saturated carbocycles. The lowest BCUT2D eigenvalue weighted by atomic mass is 10.2. The fourth-order valence-corrected chi connectivity index (χ4v) is 0.893. The van der Waals surface area contributed by atoms with Crippen molar-refractivity contribution in [1.82, 2.24) is 0 Å². The molecule has 0 aromatic heterocycles. The molecule has 68 valence electrons. The Morgan fingerprint density at radius 1 is 1.45 bits per heavy atom. The largest absolute Gasteiger partial charge is 0.372 e. The number of alkyl halides is 4. The van der Waals surface area contributed by atoms with Gasteiger partial charge < -0.3 is 4.74 Å². The summed E-state index contributed by atoms with van der Waals surface area (Å²) < 4.78 is 30.1. The molecule has 0 aromatic rings. The van der Waals surface area contributed by atoms with Crippen molar-refractivity contribution in [2.45, 2.75) is 30.7 Å². The Morgan fingerprint density at radius 2 is 1.91 bits per heavy atom. The van der Waals surface area contributed by atoms with E-state index in [0.717, 1.165) is 0 Å². The molecule has 0 spiro atoms. The summed E-state index contributed by atoms with van der Waals surface area (Å²) in [6.07, 6.45) is -1.24. The third-order valence-electron chi connectivity index (χ3n) is 1.25. The Balaban J connectivity index is 4.05. The lowest BCUT2D eigenvalue weighted by Gasteiger charge is -2.23. The van der Waals surface area contributed by atoms with Gasteiger partial charge in [-0.3, -0.25) is 0 Å². The molecule has 0 heterocycles. The van der Waals surface area contributed by atoms with Crippen LogP contribution < -0.4 is 0 Å². The summed E-state index contributed by atoms with van der Waals surface area (Å²) in [6.45, 7) is 3.09. The van der Waals surface area contributed by atoms with E-state index in [9.17, 15) is 8.78 Å². The molecule has 11 heavy (non-hydrogen) atoms. The number of hydrogen-bond acceptors (Lipinski definition) is 1. The highest BCUT2D eigenvalue weighted by atomic mass is 35.5. The molecule has 0 aliphatic rings. The first-order valence-corrected chi connectivity index (χ1v) is 4.07. The maximum absolute atomic E-state index is 12.7. The molecule has 1 unspecified atom stereocenters. The molecular weight excluding hydrogens is 197 g/mol. The van der Waals surface area contributed by atoms with Crippen molar-refractivity contribution in [3.8, 4) is 0 Å². The Labute approximate surface area is 74.6 Å². The quantitative estimate of drug-likeness (QED) is 0.644. The number of ether oxygens (including phenoxy) is 1. The molecule has 0 radical (unpaired) electrons. The van der Waals surface area contributed by atoms with Gasteiger partial charge in [-0.05, 0) is 13.8 Å². The van der Waals surface area contributed by atoms with E-state index >= 15 is 0 Å². The first-order chi connectivity index (χ1) is 4.92. The lowest BCUT2D eigenvalue weighted by molar-refractivity contribution is -0.117. The van der Waals surface area contributed by atoms with Gasteiger partial charge in [-0.1, -0.05) is 23.2 Å². The standard InChI is InChI=1S/C6H10Cl2F2O/c1-3-11-4(2)6(9,10)5(7)8/h4-5H,3H2,1-2H3. The summed E-state index contributed by atoms with van der Waals surface area (Å²) in [5, 5.41) is 0. The molecule has 0 N–H and O–H groups in total. The van der Waals surface area contributed by atoms with Gasteiger partial charge in [-0.25, -0.2) is 8.78 Å². The van der Waals surface area contributed by atoms with Gasteiger partial charge in [0.2, 0.25) is 0 Å². The highest BCUT2D eigenvalue weighted by Gasteiger charge is 2.43. The van der Waals surface area contributed by atoms with Crippen LogP contribution in [0.2, 0.25) is 0 Å². The summed E-state index contributed by atoms with van der Waals surface area (Å²) in [5.41, 5.74) is 0. The molecule has 0 aliphatic heterocycles. The predicted octanol–water partition coefficient (Wildman–Crippen LogP) is 2.85. The Morgan fingerprint density at radius 3 is 2.18 bits per heavy atom. The first-order valence-electron chi connectivity index (χ1n) is 3.20. The van der Waals surface area contributed by atoms with Crippen molar-refractivity contribution in [3.63, 3.8) is 0 Å². The molecule has 1 nitrogen and oxygen atoms in total. The van der Waals surface area contributed by atoms with Crippen LogP contribution in [0.15, 0.2) is 0 Å². The van der Waals surface area contributed by atoms with Gasteiger partial charge in [0.15, 0.2) is 4.84 Å². The van der Waals surface area contributed by atoms with Crippen molar-refractivity contribution in [2.75, 3.05) is 6.61 Å². The van der Waals surface area contributed by atoms with Crippen molar-refractivity contribution >= 4 is 23.2 Å². The third kappa shape index (κ3) is 3.09. The van der Waals surface area contributed by atoms with Crippen molar-refractivity contribution in [2.24, 2.45) is 0 Å². The SMILES string of the molecule is CCOC(C)C(F)(F)C(Cl)Cl. The van der Waals surface area contributed by atoms with Crippen molar-refractivity contribution < 1.29 is 13.5 Å². The fraction of sp³-hybridized carbons (Fsp3) is 1.00. The second-order valence-electron chi connectivity index (χ2n) is 2.07. The van der Waals surface area contributed by atoms with Gasteiger partial charge in [-0.2, -0.15) is 0 Å². The van der Waals surface area contributed by atoms with Crippen LogP contribution in [0.4, 0.5) is 8.78 Å². The maximum atomic E-state index is 12.7. The zero-order valence-electron chi connectivity index (χ0n) is 6.28. The minimum Gasteiger partial charge on any atom is -0.372 e. The Hall–Kier alpha value is 0.400. The second-order valence-corrected chi connectivity index (χ2v) is 3.17. The van der Waals surface area contributed by atoms with E-state index < -0.39 is 16.9 Å². The molecular formula is C6H10Cl2F2O. The minimum atomic E-state index is -3.18. The van der Waals surface area contributed by atoms with E-state index in [4.69, 9.17) is 23.2 Å². The van der Waals surface area contributed by atoms with Gasteiger partial charge in [0, 0.05) is 6.61 Å². The summed E-state index contributed by atoms with van der Waals surface area (Å²) in [4.78, 5) is -1.72. The number of rotatable bonds is 4. The van der Waals surface area contributed by atoms with Crippen LogP contribution in [0.3, 0.4) is 0 Å². The van der Waals surface area contributed by atoms with Gasteiger partial charge in [-0.15, -0.1) is 0 Å². The van der Waals surface area contributed by atoms with Crippen LogP contribution in [0.25, 0.3) is 0 Å². The maximum Gasteiger partial charge on any atom is 0.302 e. The van der Waals surface area contributed by atoms with Crippen LogP contribution in [-0.4, -0.2) is 23.5 Å². The zero-order chi connectivity index (χ0) is 9.07. The lowest BCUT2D eigenvalue weighted by Crippen LogP contribution is -2.39. The highest BCUT2D eigenvalue weighted by molar-refractivity contribution is 6.45. The van der Waals surface area contributed by atoms with Gasteiger partial charge >= 0.3 is 5.92 Å². The van der Waals surface area contributed by atoms with Crippen molar-refractivity contribution in [1.29, 1.82) is 0 Å². The van der Waals surface area contributed by atoms with Crippen LogP contribution in [0.5, 0.6) is 0 Å². The molecule has 5 heteroatoms. The highest BCUT2D eigenvalue weighted by Crippen LogP contribution is 2.31. The molecule has 0 amide bonds. The van der Waals surface area contributed by atoms with Crippen LogP contribution in [0, 0.1) is 0 Å². The van der Waals surface area contributed by atoms with E-state index in [0.29, 0.717) is 0 Å². The minimum absolute atomic E-state index is 0.219. The van der Waals surface area contributed by atoms with Crippen LogP contribution in [-0.2, 0) is 4.74 Å². The van der Waals surface area contributed by atoms with Crippen LogP contribution in [0.1, 0.15) is 13.8 Å². The summed E-state index contributed by atoms with van der Waals surface area (Å²) >= 11 is 10.1. The normalized spacial score (nSPS) is 15.5. The van der Waals surface area contributed by atoms with E-state index in [1.165, 1.54) is 6.92 Å². The second kappa shape index (κ2) is 4.43. The topological polar surface area (TPSA) is 9.23 Å². The molecule has 0 saturated heterocycles. The van der Waals surface area contributed by atoms with Crippen LogP contribution >= 0.6 is 23.2 Å². The monoisotopic (exact) mass is 206 g/mol. The molecule has 1 atom stereocenters. The first kappa shape index (κ1) is 11.4.